The third kappa shape index (κ3) is 2.55. The summed E-state index contributed by atoms with van der Waals surface area (Å²) in [7, 11) is 0. The van der Waals surface area contributed by atoms with Gasteiger partial charge in [-0.15, -0.1) is 0 Å². The van der Waals surface area contributed by atoms with Crippen LogP contribution in [-0.4, -0.2) is 9.97 Å². The Morgan fingerprint density at radius 3 is 2.40 bits per heavy atom. The molecular weight excluding hydrogens is 275 g/mol. The van der Waals surface area contributed by atoms with E-state index in [0.29, 0.717) is 10.8 Å². The van der Waals surface area contributed by atoms with Crippen LogP contribution in [0, 0.1) is 6.92 Å². The first-order valence-electron chi connectivity index (χ1n) is 4.40. The molecule has 76 valence electrons. The maximum absolute atomic E-state index is 5.97. The lowest BCUT2D eigenvalue weighted by molar-refractivity contribution is 1.16. The van der Waals surface area contributed by atoms with E-state index < -0.39 is 0 Å². The molecule has 0 saturated carbocycles. The van der Waals surface area contributed by atoms with Crippen molar-refractivity contribution in [3.05, 3.63) is 45.7 Å². The Balaban J connectivity index is 2.49. The van der Waals surface area contributed by atoms with Gasteiger partial charge in [-0.2, -0.15) is 0 Å². The lowest BCUT2D eigenvalue weighted by atomic mass is 10.1. The summed E-state index contributed by atoms with van der Waals surface area (Å²) in [5.74, 6) is 0.684. The molecule has 2 rings (SSSR count). The fraction of sp³-hybridized carbons (Fsp3) is 0.0909. The van der Waals surface area contributed by atoms with Crippen LogP contribution in [0.3, 0.4) is 0 Å². The molecule has 1 aromatic heterocycles. The number of aryl methyl sites for hydroxylation is 1. The van der Waals surface area contributed by atoms with E-state index in [1.54, 1.807) is 12.4 Å². The molecule has 0 radical (unpaired) electrons. The van der Waals surface area contributed by atoms with Crippen molar-refractivity contribution in [2.75, 3.05) is 0 Å². The van der Waals surface area contributed by atoms with E-state index in [-0.39, 0.29) is 0 Å². The van der Waals surface area contributed by atoms with E-state index in [0.717, 1.165) is 15.6 Å². The lowest BCUT2D eigenvalue weighted by Crippen LogP contribution is -1.88. The largest absolute Gasteiger partial charge is 0.235 e. The van der Waals surface area contributed by atoms with E-state index in [2.05, 4.69) is 25.9 Å². The average Bonchev–Trinajstić information content (AvgIpc) is 2.17. The van der Waals surface area contributed by atoms with Gasteiger partial charge in [-0.05, 0) is 46.6 Å². The predicted octanol–water partition coefficient (Wildman–Crippen LogP) is 3.87. The summed E-state index contributed by atoms with van der Waals surface area (Å²) < 4.78 is 0.866. The van der Waals surface area contributed by atoms with Crippen LogP contribution in [0.25, 0.3) is 11.4 Å². The molecule has 2 nitrogen and oxygen atoms in total. The zero-order valence-electron chi connectivity index (χ0n) is 8.04. The van der Waals surface area contributed by atoms with Crippen LogP contribution < -0.4 is 0 Å². The molecular formula is C11H8BrClN2. The van der Waals surface area contributed by atoms with Crippen molar-refractivity contribution < 1.29 is 0 Å². The van der Waals surface area contributed by atoms with Gasteiger partial charge in [-0.25, -0.2) is 9.97 Å². The normalized spacial score (nSPS) is 10.3. The van der Waals surface area contributed by atoms with Crippen molar-refractivity contribution in [1.82, 2.24) is 9.97 Å². The number of hydrogen-bond acceptors (Lipinski definition) is 2. The van der Waals surface area contributed by atoms with Gasteiger partial charge in [-0.1, -0.05) is 11.6 Å². The van der Waals surface area contributed by atoms with Gasteiger partial charge in [0.05, 0.1) is 4.47 Å². The molecule has 1 heterocycles. The number of aromatic nitrogens is 2. The van der Waals surface area contributed by atoms with Gasteiger partial charge >= 0.3 is 0 Å². The Hall–Kier alpha value is -0.930. The Kier molecular flexibility index (Phi) is 3.03. The van der Waals surface area contributed by atoms with Gasteiger partial charge in [0.2, 0.25) is 0 Å². The zero-order valence-corrected chi connectivity index (χ0v) is 10.4. The van der Waals surface area contributed by atoms with Gasteiger partial charge in [0.25, 0.3) is 0 Å². The summed E-state index contributed by atoms with van der Waals surface area (Å²) in [5.41, 5.74) is 2.04. The van der Waals surface area contributed by atoms with Gasteiger partial charge in [0.1, 0.15) is 0 Å². The van der Waals surface area contributed by atoms with Crippen LogP contribution in [0.4, 0.5) is 0 Å². The highest BCUT2D eigenvalue weighted by Crippen LogP contribution is 2.22. The number of rotatable bonds is 1. The van der Waals surface area contributed by atoms with Gasteiger partial charge < -0.3 is 0 Å². The molecule has 0 bridgehead atoms. The van der Waals surface area contributed by atoms with E-state index >= 15 is 0 Å². The summed E-state index contributed by atoms with van der Waals surface area (Å²) in [6.45, 7) is 1.99. The summed E-state index contributed by atoms with van der Waals surface area (Å²) in [6, 6.07) is 5.77. The standard InChI is InChI=1S/C11H8BrClN2/c1-7-2-8(4-10(13)3-7)11-14-5-9(12)6-15-11/h2-6H,1H3. The molecule has 4 heteroatoms. The van der Waals surface area contributed by atoms with Gasteiger partial charge in [-0.3, -0.25) is 0 Å². The number of hydrogen-bond donors (Lipinski definition) is 0. The molecule has 0 spiro atoms. The van der Waals surface area contributed by atoms with E-state index in [9.17, 15) is 0 Å². The fourth-order valence-electron chi connectivity index (χ4n) is 1.33. The molecule has 0 aliphatic rings. The summed E-state index contributed by atoms with van der Waals surface area (Å²) in [6.07, 6.45) is 3.44. The Bertz CT molecular complexity index is 462. The van der Waals surface area contributed by atoms with Crippen LogP contribution in [0.5, 0.6) is 0 Å². The molecule has 0 unspecified atom stereocenters. The van der Waals surface area contributed by atoms with Crippen molar-refractivity contribution in [2.45, 2.75) is 6.92 Å². The molecule has 0 amide bonds. The maximum atomic E-state index is 5.97. The maximum Gasteiger partial charge on any atom is 0.159 e. The highest BCUT2D eigenvalue weighted by Gasteiger charge is 2.02. The monoisotopic (exact) mass is 282 g/mol. The third-order valence-corrected chi connectivity index (χ3v) is 2.55. The van der Waals surface area contributed by atoms with Crippen molar-refractivity contribution in [3.8, 4) is 11.4 Å². The first-order chi connectivity index (χ1) is 7.15. The molecule has 0 atom stereocenters. The Morgan fingerprint density at radius 1 is 1.13 bits per heavy atom. The van der Waals surface area contributed by atoms with Crippen molar-refractivity contribution in [1.29, 1.82) is 0 Å². The second-order valence-corrected chi connectivity index (χ2v) is 4.59. The van der Waals surface area contributed by atoms with Crippen LogP contribution in [-0.2, 0) is 0 Å². The average molecular weight is 284 g/mol. The van der Waals surface area contributed by atoms with E-state index in [1.807, 2.05) is 25.1 Å². The lowest BCUT2D eigenvalue weighted by Gasteiger charge is -2.02. The second-order valence-electron chi connectivity index (χ2n) is 3.24. The predicted molar refractivity (Wildman–Crippen MR) is 64.9 cm³/mol. The third-order valence-electron chi connectivity index (χ3n) is 1.92. The quantitative estimate of drug-likeness (QED) is 0.794. The summed E-state index contributed by atoms with van der Waals surface area (Å²) in [4.78, 5) is 8.43. The Labute approximate surface area is 101 Å². The molecule has 0 aliphatic carbocycles. The molecule has 0 saturated heterocycles. The number of halogens is 2. The molecule has 0 aliphatic heterocycles. The summed E-state index contributed by atoms with van der Waals surface area (Å²) in [5, 5.41) is 0.705. The molecule has 0 N–H and O–H groups in total. The smallest absolute Gasteiger partial charge is 0.159 e. The van der Waals surface area contributed by atoms with E-state index in [1.165, 1.54) is 0 Å². The topological polar surface area (TPSA) is 25.8 Å². The van der Waals surface area contributed by atoms with Crippen molar-refractivity contribution in [3.63, 3.8) is 0 Å². The van der Waals surface area contributed by atoms with Crippen LogP contribution in [0.1, 0.15) is 5.56 Å². The minimum atomic E-state index is 0.684. The highest BCUT2D eigenvalue weighted by molar-refractivity contribution is 9.10. The van der Waals surface area contributed by atoms with Crippen molar-refractivity contribution in [2.24, 2.45) is 0 Å². The first kappa shape index (κ1) is 10.6. The van der Waals surface area contributed by atoms with E-state index in [4.69, 9.17) is 11.6 Å². The van der Waals surface area contributed by atoms with Gasteiger partial charge in [0, 0.05) is 23.0 Å². The van der Waals surface area contributed by atoms with Crippen molar-refractivity contribution >= 4 is 27.5 Å². The Morgan fingerprint density at radius 2 is 1.80 bits per heavy atom. The van der Waals surface area contributed by atoms with Crippen LogP contribution in [0.2, 0.25) is 5.02 Å². The van der Waals surface area contributed by atoms with Crippen LogP contribution >= 0.6 is 27.5 Å². The second kappa shape index (κ2) is 4.29. The minimum Gasteiger partial charge on any atom is -0.235 e. The molecule has 0 fully saturated rings. The zero-order chi connectivity index (χ0) is 10.8. The minimum absolute atomic E-state index is 0.684. The fourth-order valence-corrected chi connectivity index (χ4v) is 1.82. The number of nitrogens with zero attached hydrogens (tertiary/aromatic N) is 2. The molecule has 2 aromatic rings. The van der Waals surface area contributed by atoms with Gasteiger partial charge in [0.15, 0.2) is 5.82 Å². The number of benzene rings is 1. The highest BCUT2D eigenvalue weighted by atomic mass is 79.9. The van der Waals surface area contributed by atoms with Crippen LogP contribution in [0.15, 0.2) is 35.1 Å². The SMILES string of the molecule is Cc1cc(Cl)cc(-c2ncc(Br)cn2)c1. The molecule has 1 aromatic carbocycles. The first-order valence-corrected chi connectivity index (χ1v) is 5.57. The summed E-state index contributed by atoms with van der Waals surface area (Å²) >= 11 is 9.26. The molecule has 15 heavy (non-hydrogen) atoms.